The fraction of sp³-hybridized carbons (Fsp3) is 0.500. The van der Waals surface area contributed by atoms with Crippen molar-refractivity contribution in [2.75, 3.05) is 11.9 Å². The van der Waals surface area contributed by atoms with E-state index in [-0.39, 0.29) is 28.2 Å². The molecule has 2 aliphatic rings. The molecule has 2 heterocycles. The minimum Gasteiger partial charge on any atom is -0.482 e. The monoisotopic (exact) mass is 440 g/mol. The van der Waals surface area contributed by atoms with E-state index < -0.39 is 15.6 Å². The van der Waals surface area contributed by atoms with E-state index in [0.717, 1.165) is 25.7 Å². The molecular formula is C18H21ClN4O5S. The topological polar surface area (TPSA) is 123 Å². The zero-order valence-electron chi connectivity index (χ0n) is 15.8. The molecule has 0 unspecified atom stereocenters. The van der Waals surface area contributed by atoms with E-state index in [1.165, 1.54) is 12.1 Å². The van der Waals surface area contributed by atoms with Gasteiger partial charge >= 0.3 is 0 Å². The smallest absolute Gasteiger partial charge is 0.262 e. The number of carbonyl (C=O) groups is 1. The zero-order valence-corrected chi connectivity index (χ0v) is 17.4. The predicted octanol–water partition coefficient (Wildman–Crippen LogP) is 2.89. The summed E-state index contributed by atoms with van der Waals surface area (Å²) in [5, 5.41) is 6.60. The van der Waals surface area contributed by atoms with Gasteiger partial charge in [-0.3, -0.25) is 4.79 Å². The lowest BCUT2D eigenvalue weighted by Crippen LogP contribution is -2.46. The number of amides is 1. The molecule has 0 radical (unpaired) electrons. The van der Waals surface area contributed by atoms with Crippen molar-refractivity contribution in [3.63, 3.8) is 0 Å². The molecule has 2 N–H and O–H groups in total. The summed E-state index contributed by atoms with van der Waals surface area (Å²) in [5.74, 6) is 0.628. The van der Waals surface area contributed by atoms with Crippen LogP contribution in [-0.4, -0.2) is 31.1 Å². The van der Waals surface area contributed by atoms with E-state index in [4.69, 9.17) is 20.9 Å². The Balaban J connectivity index is 1.73. The average Bonchev–Trinajstić information content (AvgIpc) is 2.97. The lowest BCUT2D eigenvalue weighted by molar-refractivity contribution is -0.118. The molecule has 1 saturated carbocycles. The molecule has 4 rings (SSSR count). The first-order valence-corrected chi connectivity index (χ1v) is 11.3. The van der Waals surface area contributed by atoms with E-state index in [9.17, 15) is 13.2 Å². The number of carbonyl (C=O) groups excluding carboxylic acids is 1. The first kappa shape index (κ1) is 20.1. The second-order valence-corrected chi connectivity index (χ2v) is 9.41. The summed E-state index contributed by atoms with van der Waals surface area (Å²) in [5.41, 5.74) is -0.635. The minimum absolute atomic E-state index is 0.0184. The highest BCUT2D eigenvalue weighted by Gasteiger charge is 2.42. The summed E-state index contributed by atoms with van der Waals surface area (Å²) in [7, 11) is -4.05. The standard InChI is InChI=1S/C18H21ClN4O5S/c1-11-20-17(22-28-11)18(6-4-2-3-5-7-18)23-29(25,26)15-9-14-13(8-12(15)19)21-16(24)10-27-14/h8-9,23H,2-7,10H2,1H3,(H,21,24). The van der Waals surface area contributed by atoms with Crippen molar-refractivity contribution in [1.82, 2.24) is 14.9 Å². The van der Waals surface area contributed by atoms with Crippen LogP contribution in [0.15, 0.2) is 21.6 Å². The van der Waals surface area contributed by atoms with Crippen LogP contribution in [0.5, 0.6) is 5.75 Å². The van der Waals surface area contributed by atoms with Gasteiger partial charge in [0.15, 0.2) is 12.4 Å². The summed E-state index contributed by atoms with van der Waals surface area (Å²) in [6, 6.07) is 2.70. The van der Waals surface area contributed by atoms with Gasteiger partial charge in [-0.2, -0.15) is 9.71 Å². The Morgan fingerprint density at radius 2 is 1.93 bits per heavy atom. The maximum Gasteiger partial charge on any atom is 0.262 e. The fourth-order valence-electron chi connectivity index (χ4n) is 3.80. The summed E-state index contributed by atoms with van der Waals surface area (Å²) >= 11 is 6.26. The molecule has 11 heteroatoms. The van der Waals surface area contributed by atoms with Crippen molar-refractivity contribution in [3.8, 4) is 5.75 Å². The molecule has 1 fully saturated rings. The minimum atomic E-state index is -4.05. The number of anilines is 1. The van der Waals surface area contributed by atoms with Crippen molar-refractivity contribution in [2.24, 2.45) is 0 Å². The maximum atomic E-state index is 13.3. The molecule has 0 saturated heterocycles. The van der Waals surface area contributed by atoms with Crippen LogP contribution in [0.3, 0.4) is 0 Å². The van der Waals surface area contributed by atoms with Crippen LogP contribution in [0.4, 0.5) is 5.69 Å². The van der Waals surface area contributed by atoms with Crippen LogP contribution in [0, 0.1) is 6.92 Å². The van der Waals surface area contributed by atoms with Crippen molar-refractivity contribution in [3.05, 3.63) is 28.9 Å². The Hall–Kier alpha value is -2.17. The van der Waals surface area contributed by atoms with Gasteiger partial charge in [0.25, 0.3) is 5.91 Å². The van der Waals surface area contributed by atoms with Crippen molar-refractivity contribution >= 4 is 33.2 Å². The number of nitrogens with one attached hydrogen (secondary N) is 2. The van der Waals surface area contributed by atoms with Gasteiger partial charge < -0.3 is 14.6 Å². The SMILES string of the molecule is Cc1nc(C2(NS(=O)(=O)c3cc4c(cc3Cl)NC(=O)CO4)CCCCCC2)no1. The van der Waals surface area contributed by atoms with E-state index in [2.05, 4.69) is 20.2 Å². The lowest BCUT2D eigenvalue weighted by atomic mass is 9.91. The average molecular weight is 441 g/mol. The van der Waals surface area contributed by atoms with Crippen LogP contribution in [-0.2, 0) is 20.4 Å². The highest BCUT2D eigenvalue weighted by molar-refractivity contribution is 7.89. The van der Waals surface area contributed by atoms with Crippen LogP contribution in [0.1, 0.15) is 50.2 Å². The second kappa shape index (κ2) is 7.58. The second-order valence-electron chi connectivity index (χ2n) is 7.35. The van der Waals surface area contributed by atoms with Gasteiger partial charge in [0.05, 0.1) is 16.2 Å². The lowest BCUT2D eigenvalue weighted by Gasteiger charge is -2.30. The van der Waals surface area contributed by atoms with E-state index in [1.54, 1.807) is 6.92 Å². The number of aromatic nitrogens is 2. The summed E-state index contributed by atoms with van der Waals surface area (Å²) in [4.78, 5) is 15.7. The fourth-order valence-corrected chi connectivity index (χ4v) is 5.76. The zero-order chi connectivity index (χ0) is 20.6. The maximum absolute atomic E-state index is 13.3. The summed E-state index contributed by atoms with van der Waals surface area (Å²) in [6.07, 6.45) is 4.80. The molecule has 0 spiro atoms. The number of ether oxygens (including phenoxy) is 1. The number of benzene rings is 1. The van der Waals surface area contributed by atoms with Gasteiger partial charge in [-0.25, -0.2) is 8.42 Å². The molecule has 1 aromatic heterocycles. The first-order chi connectivity index (χ1) is 13.8. The molecule has 156 valence electrons. The number of halogens is 1. The molecule has 2 aromatic rings. The van der Waals surface area contributed by atoms with Gasteiger partial charge in [-0.1, -0.05) is 42.4 Å². The van der Waals surface area contributed by atoms with Gasteiger partial charge in [0, 0.05) is 13.0 Å². The molecule has 1 aliphatic heterocycles. The third kappa shape index (κ3) is 3.96. The van der Waals surface area contributed by atoms with Gasteiger partial charge in [-0.15, -0.1) is 0 Å². The molecule has 0 bridgehead atoms. The number of hydrogen-bond acceptors (Lipinski definition) is 7. The Bertz CT molecular complexity index is 1040. The van der Waals surface area contributed by atoms with Crippen LogP contribution >= 0.6 is 11.6 Å². The van der Waals surface area contributed by atoms with E-state index >= 15 is 0 Å². The number of aryl methyl sites for hydroxylation is 1. The molecule has 1 aliphatic carbocycles. The highest BCUT2D eigenvalue weighted by atomic mass is 35.5. The largest absolute Gasteiger partial charge is 0.482 e. The number of sulfonamides is 1. The summed E-state index contributed by atoms with van der Waals surface area (Å²) < 4.78 is 40.0. The van der Waals surface area contributed by atoms with Crippen LogP contribution < -0.4 is 14.8 Å². The third-order valence-corrected chi connectivity index (χ3v) is 7.20. The molecule has 0 atom stereocenters. The Kier molecular flexibility index (Phi) is 5.26. The quantitative estimate of drug-likeness (QED) is 0.700. The van der Waals surface area contributed by atoms with E-state index in [0.29, 0.717) is 30.2 Å². The predicted molar refractivity (Wildman–Crippen MR) is 104 cm³/mol. The van der Waals surface area contributed by atoms with E-state index in [1.807, 2.05) is 0 Å². The van der Waals surface area contributed by atoms with Crippen molar-refractivity contribution < 1.29 is 22.5 Å². The number of hydrogen-bond donors (Lipinski definition) is 2. The molecule has 9 nitrogen and oxygen atoms in total. The molecule has 29 heavy (non-hydrogen) atoms. The normalized spacial score (nSPS) is 19.0. The van der Waals surface area contributed by atoms with Gasteiger partial charge in [-0.05, 0) is 18.9 Å². The molecule has 1 amide bonds. The highest BCUT2D eigenvalue weighted by Crippen LogP contribution is 2.39. The summed E-state index contributed by atoms with van der Waals surface area (Å²) in [6.45, 7) is 1.48. The Morgan fingerprint density at radius 3 is 2.59 bits per heavy atom. The van der Waals surface area contributed by atoms with Crippen LogP contribution in [0.2, 0.25) is 5.02 Å². The van der Waals surface area contributed by atoms with Gasteiger partial charge in [0.2, 0.25) is 15.9 Å². The van der Waals surface area contributed by atoms with Gasteiger partial charge in [0.1, 0.15) is 10.6 Å². The Labute approximate surface area is 173 Å². The number of fused-ring (bicyclic) bond motifs is 1. The number of nitrogens with zero attached hydrogens (tertiary/aromatic N) is 2. The van der Waals surface area contributed by atoms with Crippen molar-refractivity contribution in [1.29, 1.82) is 0 Å². The number of rotatable bonds is 4. The molecule has 1 aromatic carbocycles. The molecular weight excluding hydrogens is 420 g/mol. The first-order valence-electron chi connectivity index (χ1n) is 9.40. The van der Waals surface area contributed by atoms with Crippen molar-refractivity contribution in [2.45, 2.75) is 55.9 Å². The Morgan fingerprint density at radius 1 is 1.21 bits per heavy atom. The van der Waals surface area contributed by atoms with Crippen LogP contribution in [0.25, 0.3) is 0 Å². The third-order valence-electron chi connectivity index (χ3n) is 5.20.